The molecule has 3 rings (SSSR count). The molecule has 1 aromatic heterocycles. The Kier molecular flexibility index (Phi) is 3.39. The summed E-state index contributed by atoms with van der Waals surface area (Å²) in [5.41, 5.74) is 2.76. The van der Waals surface area contributed by atoms with Gasteiger partial charge in [0.2, 0.25) is 0 Å². The number of aromatic nitrogens is 1. The first-order chi connectivity index (χ1) is 10.1. The van der Waals surface area contributed by atoms with E-state index in [1.165, 1.54) is 0 Å². The summed E-state index contributed by atoms with van der Waals surface area (Å²) in [5.74, 6) is 0.794. The average Bonchev–Trinajstić information content (AvgIpc) is 2.48. The van der Waals surface area contributed by atoms with Crippen molar-refractivity contribution < 1.29 is 4.74 Å². The number of nitrogens with zero attached hydrogens (tertiary/aromatic N) is 1. The Morgan fingerprint density at radius 1 is 1.10 bits per heavy atom. The van der Waals surface area contributed by atoms with Crippen molar-refractivity contribution in [2.24, 2.45) is 0 Å². The molecule has 0 bridgehead atoms. The van der Waals surface area contributed by atoms with Crippen LogP contribution in [0.2, 0.25) is 0 Å². The van der Waals surface area contributed by atoms with E-state index in [0.29, 0.717) is 17.3 Å². The number of fused-ring (bicyclic) bond motifs is 2. The number of hydrogen-bond acceptors (Lipinski definition) is 3. The summed E-state index contributed by atoms with van der Waals surface area (Å²) in [6, 6.07) is 11.3. The highest BCUT2D eigenvalue weighted by Crippen LogP contribution is 2.27. The Morgan fingerprint density at radius 3 is 2.57 bits per heavy atom. The van der Waals surface area contributed by atoms with Crippen LogP contribution in [0.15, 0.2) is 41.2 Å². The van der Waals surface area contributed by atoms with Crippen LogP contribution in [0.25, 0.3) is 21.8 Å². The van der Waals surface area contributed by atoms with Crippen LogP contribution >= 0.6 is 0 Å². The molecule has 0 spiro atoms. The second-order valence-electron chi connectivity index (χ2n) is 5.41. The molecule has 3 aromatic rings. The molecule has 0 atom stereocenters. The number of rotatable bonds is 3. The quantitative estimate of drug-likeness (QED) is 0.751. The van der Waals surface area contributed by atoms with Crippen LogP contribution in [0.4, 0.5) is 0 Å². The molecule has 4 heteroatoms. The molecule has 0 amide bonds. The summed E-state index contributed by atoms with van der Waals surface area (Å²) in [7, 11) is 5.65. The van der Waals surface area contributed by atoms with Crippen molar-refractivity contribution in [3.05, 3.63) is 52.2 Å². The largest absolute Gasteiger partial charge is 0.496 e. The van der Waals surface area contributed by atoms with E-state index < -0.39 is 0 Å². The number of hydrogen-bond donors (Lipinski definition) is 1. The summed E-state index contributed by atoms with van der Waals surface area (Å²) < 4.78 is 5.46. The topological polar surface area (TPSA) is 45.3 Å². The van der Waals surface area contributed by atoms with Gasteiger partial charge in [-0.2, -0.15) is 0 Å². The van der Waals surface area contributed by atoms with Crippen LogP contribution in [-0.2, 0) is 6.54 Å². The van der Waals surface area contributed by atoms with Gasteiger partial charge in [0.05, 0.1) is 12.6 Å². The summed E-state index contributed by atoms with van der Waals surface area (Å²) >= 11 is 0. The van der Waals surface area contributed by atoms with Gasteiger partial charge in [0.15, 0.2) is 5.43 Å². The van der Waals surface area contributed by atoms with Crippen LogP contribution in [0, 0.1) is 0 Å². The van der Waals surface area contributed by atoms with Gasteiger partial charge in [0.1, 0.15) is 5.75 Å². The Bertz CT molecular complexity index is 866. The lowest BCUT2D eigenvalue weighted by Crippen LogP contribution is -2.14. The Morgan fingerprint density at radius 2 is 1.86 bits per heavy atom. The van der Waals surface area contributed by atoms with E-state index in [1.807, 2.05) is 50.5 Å². The fourth-order valence-corrected chi connectivity index (χ4v) is 2.70. The third kappa shape index (κ3) is 2.28. The fourth-order valence-electron chi connectivity index (χ4n) is 2.70. The van der Waals surface area contributed by atoms with Crippen molar-refractivity contribution in [2.45, 2.75) is 6.54 Å². The first-order valence-corrected chi connectivity index (χ1v) is 6.87. The van der Waals surface area contributed by atoms with Gasteiger partial charge < -0.3 is 14.6 Å². The molecule has 0 saturated carbocycles. The molecule has 4 nitrogen and oxygen atoms in total. The predicted molar refractivity (Wildman–Crippen MR) is 86.0 cm³/mol. The normalized spacial score (nSPS) is 11.4. The second-order valence-corrected chi connectivity index (χ2v) is 5.41. The van der Waals surface area contributed by atoms with E-state index in [2.05, 4.69) is 9.88 Å². The molecule has 0 aliphatic heterocycles. The maximum atomic E-state index is 12.7. The van der Waals surface area contributed by atoms with Crippen molar-refractivity contribution in [1.82, 2.24) is 9.88 Å². The zero-order chi connectivity index (χ0) is 15.0. The van der Waals surface area contributed by atoms with E-state index in [-0.39, 0.29) is 5.43 Å². The van der Waals surface area contributed by atoms with Gasteiger partial charge in [-0.1, -0.05) is 12.1 Å². The molecular weight excluding hydrogens is 264 g/mol. The number of benzene rings is 2. The molecule has 0 fully saturated rings. The number of ether oxygens (including phenoxy) is 1. The molecule has 0 unspecified atom stereocenters. The zero-order valence-corrected chi connectivity index (χ0v) is 12.4. The average molecular weight is 282 g/mol. The van der Waals surface area contributed by atoms with Gasteiger partial charge in [0.25, 0.3) is 0 Å². The van der Waals surface area contributed by atoms with E-state index >= 15 is 0 Å². The lowest BCUT2D eigenvalue weighted by atomic mass is 10.0. The highest BCUT2D eigenvalue weighted by Gasteiger charge is 2.13. The lowest BCUT2D eigenvalue weighted by molar-refractivity contribution is 0.373. The molecule has 2 aromatic carbocycles. The summed E-state index contributed by atoms with van der Waals surface area (Å²) in [4.78, 5) is 18.1. The SMILES string of the molecule is COc1ccc2c(=O)c3ccccc3[nH]c2c1CN(C)C. The second kappa shape index (κ2) is 5.22. The van der Waals surface area contributed by atoms with Gasteiger partial charge in [-0.15, -0.1) is 0 Å². The van der Waals surface area contributed by atoms with Gasteiger partial charge in [0, 0.05) is 28.4 Å². The number of para-hydroxylation sites is 1. The molecule has 0 aliphatic rings. The summed E-state index contributed by atoms with van der Waals surface area (Å²) in [5, 5.41) is 1.41. The maximum Gasteiger partial charge on any atom is 0.197 e. The van der Waals surface area contributed by atoms with E-state index in [9.17, 15) is 4.79 Å². The van der Waals surface area contributed by atoms with Crippen molar-refractivity contribution in [1.29, 1.82) is 0 Å². The van der Waals surface area contributed by atoms with Crippen molar-refractivity contribution in [2.75, 3.05) is 21.2 Å². The van der Waals surface area contributed by atoms with Crippen molar-refractivity contribution in [3.8, 4) is 5.75 Å². The van der Waals surface area contributed by atoms with Crippen LogP contribution in [-0.4, -0.2) is 31.1 Å². The number of nitrogens with one attached hydrogen (secondary N) is 1. The lowest BCUT2D eigenvalue weighted by Gasteiger charge is -2.16. The number of H-pyrrole nitrogens is 1. The number of methoxy groups -OCH3 is 1. The maximum absolute atomic E-state index is 12.7. The van der Waals surface area contributed by atoms with Crippen molar-refractivity contribution >= 4 is 21.8 Å². The van der Waals surface area contributed by atoms with E-state index in [1.54, 1.807) is 7.11 Å². The molecule has 1 N–H and O–H groups in total. The van der Waals surface area contributed by atoms with Gasteiger partial charge in [-0.05, 0) is 38.4 Å². The smallest absolute Gasteiger partial charge is 0.197 e. The third-order valence-corrected chi connectivity index (χ3v) is 3.64. The van der Waals surface area contributed by atoms with Crippen LogP contribution < -0.4 is 10.2 Å². The zero-order valence-electron chi connectivity index (χ0n) is 12.4. The van der Waals surface area contributed by atoms with Crippen molar-refractivity contribution in [3.63, 3.8) is 0 Å². The predicted octanol–water partition coefficient (Wildman–Crippen LogP) is 2.75. The van der Waals surface area contributed by atoms with Gasteiger partial charge >= 0.3 is 0 Å². The Labute approximate surface area is 123 Å². The van der Waals surface area contributed by atoms with Crippen LogP contribution in [0.1, 0.15) is 5.56 Å². The minimum absolute atomic E-state index is 0.0574. The number of aromatic amines is 1. The molecule has 0 radical (unpaired) electrons. The minimum atomic E-state index is 0.0574. The molecule has 21 heavy (non-hydrogen) atoms. The van der Waals surface area contributed by atoms with Gasteiger partial charge in [-0.25, -0.2) is 0 Å². The minimum Gasteiger partial charge on any atom is -0.496 e. The van der Waals surface area contributed by atoms with Crippen LogP contribution in [0.3, 0.4) is 0 Å². The Hall–Kier alpha value is -2.33. The Balaban J connectivity index is 2.44. The fraction of sp³-hybridized carbons (Fsp3) is 0.235. The standard InChI is InChI=1S/C17H18N2O2/c1-19(2)10-13-15(21-3)9-8-12-16(13)18-14-7-5-4-6-11(14)17(12)20/h4-9H,10H2,1-3H3,(H,18,20). The molecule has 108 valence electrons. The molecule has 0 saturated heterocycles. The summed E-state index contributed by atoms with van der Waals surface area (Å²) in [6.07, 6.45) is 0. The number of pyridine rings is 1. The first kappa shape index (κ1) is 13.6. The highest BCUT2D eigenvalue weighted by atomic mass is 16.5. The van der Waals surface area contributed by atoms with Gasteiger partial charge in [-0.3, -0.25) is 4.79 Å². The van der Waals surface area contributed by atoms with E-state index in [0.717, 1.165) is 22.3 Å². The van der Waals surface area contributed by atoms with E-state index in [4.69, 9.17) is 4.74 Å². The summed E-state index contributed by atoms with van der Waals surface area (Å²) in [6.45, 7) is 0.703. The monoisotopic (exact) mass is 282 g/mol. The first-order valence-electron chi connectivity index (χ1n) is 6.87. The highest BCUT2D eigenvalue weighted by molar-refractivity contribution is 5.94. The molecular formula is C17H18N2O2. The molecule has 0 aliphatic carbocycles. The van der Waals surface area contributed by atoms with Crippen LogP contribution in [0.5, 0.6) is 5.75 Å². The third-order valence-electron chi connectivity index (χ3n) is 3.64. The molecule has 1 heterocycles.